The molecule has 35 heavy (non-hydrogen) atoms. The number of hydrogen-bond donors (Lipinski definition) is 2. The number of halogens is 3. The van der Waals surface area contributed by atoms with E-state index in [0.29, 0.717) is 10.4 Å². The van der Waals surface area contributed by atoms with Gasteiger partial charge in [-0.05, 0) is 49.1 Å². The van der Waals surface area contributed by atoms with Gasteiger partial charge in [0, 0.05) is 23.8 Å². The van der Waals surface area contributed by atoms with Crippen LogP contribution >= 0.6 is 0 Å². The van der Waals surface area contributed by atoms with E-state index in [0.717, 1.165) is 42.7 Å². The van der Waals surface area contributed by atoms with Crippen LogP contribution in [-0.2, 0) is 24.9 Å². The maximum absolute atomic E-state index is 13.4. The molecule has 4 aromatic rings. The van der Waals surface area contributed by atoms with E-state index >= 15 is 0 Å². The quantitative estimate of drug-likeness (QED) is 0.446. The summed E-state index contributed by atoms with van der Waals surface area (Å²) < 4.78 is 47.2. The summed E-state index contributed by atoms with van der Waals surface area (Å²) in [6.45, 7) is 2.17. The van der Waals surface area contributed by atoms with Crippen molar-refractivity contribution >= 4 is 22.7 Å². The Morgan fingerprint density at radius 3 is 2.83 bits per heavy atom. The van der Waals surface area contributed by atoms with Gasteiger partial charge >= 0.3 is 12.2 Å². The number of aromatic nitrogens is 5. The first kappa shape index (κ1) is 21.8. The molecule has 0 saturated heterocycles. The van der Waals surface area contributed by atoms with Gasteiger partial charge in [0.1, 0.15) is 18.2 Å². The number of hydrogen-bond acceptors (Lipinski definition) is 7. The average molecular weight is 485 g/mol. The number of rotatable bonds is 5. The monoisotopic (exact) mass is 485 g/mol. The largest absolute Gasteiger partial charge is 0.430 e. The van der Waals surface area contributed by atoms with Crippen LogP contribution in [0.1, 0.15) is 36.6 Å². The topological polar surface area (TPSA) is 103 Å². The Bertz CT molecular complexity index is 1500. The van der Waals surface area contributed by atoms with Crippen LogP contribution in [0.3, 0.4) is 0 Å². The van der Waals surface area contributed by atoms with Crippen LogP contribution in [0.2, 0.25) is 0 Å². The number of fused-ring (bicyclic) bond motifs is 2. The minimum Gasteiger partial charge on any atom is -0.430 e. The lowest BCUT2D eigenvalue weighted by Gasteiger charge is -2.18. The first-order chi connectivity index (χ1) is 16.7. The van der Waals surface area contributed by atoms with Crippen molar-refractivity contribution in [2.75, 3.05) is 11.9 Å². The van der Waals surface area contributed by atoms with Gasteiger partial charge in [0.25, 0.3) is 5.56 Å². The molecule has 9 nitrogen and oxygen atoms in total. The highest BCUT2D eigenvalue weighted by Crippen LogP contribution is 2.47. The summed E-state index contributed by atoms with van der Waals surface area (Å²) in [4.78, 5) is 25.9. The Kier molecular flexibility index (Phi) is 4.78. The second-order valence-corrected chi connectivity index (χ2v) is 9.33. The van der Waals surface area contributed by atoms with E-state index in [9.17, 15) is 18.0 Å². The molecular weight excluding hydrogens is 463 g/mol. The molecular formula is C23H22F3N7O2. The first-order valence-corrected chi connectivity index (χ1v) is 11.3. The van der Waals surface area contributed by atoms with E-state index < -0.39 is 18.3 Å². The number of nitrogens with one attached hydrogen (secondary N) is 2. The van der Waals surface area contributed by atoms with Crippen molar-refractivity contribution in [1.82, 2.24) is 29.6 Å². The van der Waals surface area contributed by atoms with Crippen molar-refractivity contribution in [2.45, 2.75) is 50.9 Å². The van der Waals surface area contributed by atoms with Crippen molar-refractivity contribution < 1.29 is 17.6 Å². The van der Waals surface area contributed by atoms with Gasteiger partial charge in [0.05, 0.1) is 5.69 Å². The molecule has 2 N–H and O–H groups in total. The second-order valence-electron chi connectivity index (χ2n) is 9.33. The summed E-state index contributed by atoms with van der Waals surface area (Å²) in [7, 11) is 0. The Labute approximate surface area is 197 Å². The number of alkyl halides is 3. The van der Waals surface area contributed by atoms with E-state index in [2.05, 4.69) is 25.6 Å². The molecule has 1 saturated carbocycles. The highest BCUT2D eigenvalue weighted by Gasteiger charge is 2.42. The summed E-state index contributed by atoms with van der Waals surface area (Å²) in [5, 5.41) is 6.36. The van der Waals surface area contributed by atoms with Crippen LogP contribution in [-0.4, -0.2) is 37.0 Å². The number of anilines is 2. The minimum absolute atomic E-state index is 0.0201. The lowest BCUT2D eigenvalue weighted by Crippen LogP contribution is -2.30. The third kappa shape index (κ3) is 3.97. The lowest BCUT2D eigenvalue weighted by molar-refractivity contribution is -0.144. The van der Waals surface area contributed by atoms with E-state index in [4.69, 9.17) is 4.42 Å². The van der Waals surface area contributed by atoms with Gasteiger partial charge < -0.3 is 15.1 Å². The van der Waals surface area contributed by atoms with Crippen molar-refractivity contribution in [1.29, 1.82) is 0 Å². The molecule has 4 heterocycles. The molecule has 6 rings (SSSR count). The van der Waals surface area contributed by atoms with Crippen molar-refractivity contribution in [2.24, 2.45) is 0 Å². The predicted molar refractivity (Wildman–Crippen MR) is 121 cm³/mol. The maximum atomic E-state index is 13.4. The summed E-state index contributed by atoms with van der Waals surface area (Å²) >= 11 is 0. The molecule has 1 aromatic carbocycles. The smallest absolute Gasteiger partial charge is 0.408 e. The number of oxazole rings is 1. The molecule has 1 aliphatic heterocycles. The molecule has 0 atom stereocenters. The SMILES string of the molecule is CC1(c2coc(-n3c4nc(Nc5ccc6c(c5)CCNC6)ncc4c(=O)n3CC(F)(F)F)n2)CC1. The minimum atomic E-state index is -4.64. The molecule has 0 bridgehead atoms. The number of nitrogens with zero attached hydrogens (tertiary/aromatic N) is 5. The van der Waals surface area contributed by atoms with Crippen LogP contribution in [0.5, 0.6) is 0 Å². The Morgan fingerprint density at radius 2 is 2.06 bits per heavy atom. The Balaban J connectivity index is 1.45. The van der Waals surface area contributed by atoms with Gasteiger partial charge in [-0.2, -0.15) is 27.8 Å². The third-order valence-corrected chi connectivity index (χ3v) is 6.65. The zero-order valence-electron chi connectivity index (χ0n) is 18.8. The molecule has 0 spiro atoms. The van der Waals surface area contributed by atoms with Gasteiger partial charge in [0.2, 0.25) is 5.95 Å². The molecule has 1 aliphatic carbocycles. The van der Waals surface area contributed by atoms with E-state index in [1.54, 1.807) is 0 Å². The highest BCUT2D eigenvalue weighted by molar-refractivity contribution is 5.76. The average Bonchev–Trinajstić information content (AvgIpc) is 3.27. The number of benzene rings is 1. The molecule has 0 radical (unpaired) electrons. The molecule has 3 aromatic heterocycles. The summed E-state index contributed by atoms with van der Waals surface area (Å²) in [5.74, 6) is 0.144. The van der Waals surface area contributed by atoms with E-state index in [1.165, 1.54) is 23.6 Å². The van der Waals surface area contributed by atoms with Gasteiger partial charge in [-0.3, -0.25) is 4.79 Å². The predicted octanol–water partition coefficient (Wildman–Crippen LogP) is 3.57. The van der Waals surface area contributed by atoms with E-state index in [-0.39, 0.29) is 28.4 Å². The van der Waals surface area contributed by atoms with Crippen molar-refractivity contribution in [3.8, 4) is 6.01 Å². The second kappa shape index (κ2) is 7.67. The van der Waals surface area contributed by atoms with Crippen LogP contribution in [0, 0.1) is 0 Å². The third-order valence-electron chi connectivity index (χ3n) is 6.65. The van der Waals surface area contributed by atoms with E-state index in [1.807, 2.05) is 25.1 Å². The van der Waals surface area contributed by atoms with Crippen LogP contribution in [0.15, 0.2) is 39.9 Å². The Hall–Kier alpha value is -3.67. The fourth-order valence-electron chi connectivity index (χ4n) is 4.36. The fourth-order valence-corrected chi connectivity index (χ4v) is 4.36. The molecule has 2 aliphatic rings. The molecule has 12 heteroatoms. The fraction of sp³-hybridized carbons (Fsp3) is 0.391. The summed E-state index contributed by atoms with van der Waals surface area (Å²) in [6.07, 6.45) is 0.724. The lowest BCUT2D eigenvalue weighted by atomic mass is 10.0. The zero-order valence-corrected chi connectivity index (χ0v) is 18.8. The van der Waals surface area contributed by atoms with Crippen LogP contribution in [0.25, 0.3) is 17.0 Å². The molecule has 1 fully saturated rings. The maximum Gasteiger partial charge on any atom is 0.408 e. The molecule has 182 valence electrons. The summed E-state index contributed by atoms with van der Waals surface area (Å²) in [5.41, 5.74) is 2.73. The summed E-state index contributed by atoms with van der Waals surface area (Å²) in [6, 6.07) is 5.75. The zero-order chi connectivity index (χ0) is 24.4. The van der Waals surface area contributed by atoms with Crippen LogP contribution in [0.4, 0.5) is 24.8 Å². The Morgan fingerprint density at radius 1 is 1.23 bits per heavy atom. The molecule has 0 amide bonds. The normalized spacial score (nSPS) is 16.9. The van der Waals surface area contributed by atoms with Crippen molar-refractivity contribution in [3.63, 3.8) is 0 Å². The van der Waals surface area contributed by atoms with Gasteiger partial charge in [-0.1, -0.05) is 13.0 Å². The van der Waals surface area contributed by atoms with Gasteiger partial charge in [0.15, 0.2) is 5.65 Å². The van der Waals surface area contributed by atoms with Crippen molar-refractivity contribution in [3.05, 3.63) is 57.8 Å². The standard InChI is InChI=1S/C23H22F3N7O2/c1-22(5-6-22)17-11-35-21(30-17)33-18-16(19(34)32(33)12-23(24,25)26)10-28-20(31-18)29-15-3-2-14-9-27-7-4-13(14)8-15/h2-3,8,10-11,27H,4-7,9,12H2,1H3,(H,28,29,31). The van der Waals surface area contributed by atoms with Crippen LogP contribution < -0.4 is 16.2 Å². The first-order valence-electron chi connectivity index (χ1n) is 11.3. The highest BCUT2D eigenvalue weighted by atomic mass is 19.4. The van der Waals surface area contributed by atoms with Gasteiger partial charge in [-0.15, -0.1) is 0 Å². The van der Waals surface area contributed by atoms with Gasteiger partial charge in [-0.25, -0.2) is 9.67 Å². The molecule has 0 unspecified atom stereocenters.